The van der Waals surface area contributed by atoms with Crippen molar-refractivity contribution in [2.45, 2.75) is 12.7 Å². The Balaban J connectivity index is 2.67. The highest BCUT2D eigenvalue weighted by molar-refractivity contribution is 7.89. The molecule has 1 aromatic heterocycles. The Bertz CT molecular complexity index is 485. The van der Waals surface area contributed by atoms with Gasteiger partial charge in [0.15, 0.2) is 5.84 Å². The molecule has 0 fully saturated rings. The molecular weight excluding hydrogens is 208 g/mol. The summed E-state index contributed by atoms with van der Waals surface area (Å²) in [5.74, 6) is 0.104. The number of hydrogen-bond donors (Lipinski definition) is 1. The Hall–Kier alpha value is -0.880. The number of aryl methyl sites for hydroxylation is 1. The molecule has 1 aliphatic heterocycles. The van der Waals surface area contributed by atoms with Gasteiger partial charge in [0.2, 0.25) is 0 Å². The summed E-state index contributed by atoms with van der Waals surface area (Å²) < 4.78 is 25.8. The number of hydrogen-bond acceptors (Lipinski definition) is 4. The molecule has 0 bridgehead atoms. The largest absolute Gasteiger partial charge is 0.382 e. The summed E-state index contributed by atoms with van der Waals surface area (Å²) in [6, 6.07) is 1.85. The third-order valence-electron chi connectivity index (χ3n) is 1.74. The molecule has 6 heteroatoms. The Kier molecular flexibility index (Phi) is 1.71. The van der Waals surface area contributed by atoms with Crippen LogP contribution in [0, 0.1) is 6.92 Å². The normalized spacial score (nSPS) is 19.3. The van der Waals surface area contributed by atoms with Gasteiger partial charge in [-0.1, -0.05) is 0 Å². The minimum absolute atomic E-state index is 0.0205. The predicted molar refractivity (Wildman–Crippen MR) is 52.4 cm³/mol. The Morgan fingerprint density at radius 2 is 2.31 bits per heavy atom. The minimum Gasteiger partial charge on any atom is -0.382 e. The van der Waals surface area contributed by atoms with Gasteiger partial charge in [-0.15, -0.1) is 15.7 Å². The van der Waals surface area contributed by atoms with Crippen LogP contribution >= 0.6 is 11.3 Å². The van der Waals surface area contributed by atoms with Gasteiger partial charge in [0.1, 0.15) is 0 Å². The maximum atomic E-state index is 11.2. The second-order valence-corrected chi connectivity index (χ2v) is 5.81. The first kappa shape index (κ1) is 8.71. The monoisotopic (exact) mass is 216 g/mol. The molecule has 1 aliphatic rings. The highest BCUT2D eigenvalue weighted by Gasteiger charge is 2.23. The maximum Gasteiger partial charge on any atom is 0.259 e. The number of nitrogens with two attached hydrogens (primary N) is 1. The molecule has 2 heterocycles. The number of thiophene rings is 1. The number of rotatable bonds is 0. The number of amidine groups is 1. The van der Waals surface area contributed by atoms with Crippen molar-refractivity contribution in [1.82, 2.24) is 0 Å². The first-order valence-corrected chi connectivity index (χ1v) is 6.08. The first-order chi connectivity index (χ1) is 5.98. The summed E-state index contributed by atoms with van der Waals surface area (Å²) in [4.78, 5) is 1.85. The van der Waals surface area contributed by atoms with Crippen LogP contribution in [0.2, 0.25) is 0 Å². The second-order valence-electron chi connectivity index (χ2n) is 2.91. The van der Waals surface area contributed by atoms with Crippen molar-refractivity contribution in [3.63, 3.8) is 0 Å². The lowest BCUT2D eigenvalue weighted by Crippen LogP contribution is -2.21. The number of fused-ring (bicyclic) bond motifs is 1. The summed E-state index contributed by atoms with van der Waals surface area (Å²) in [6.45, 7) is 1.92. The molecule has 0 amide bonds. The van der Waals surface area contributed by atoms with Crippen LogP contribution in [-0.2, 0) is 15.8 Å². The molecule has 0 unspecified atom stereocenters. The zero-order chi connectivity index (χ0) is 9.64. The van der Waals surface area contributed by atoms with Gasteiger partial charge in [-0.2, -0.15) is 0 Å². The third kappa shape index (κ3) is 1.47. The summed E-state index contributed by atoms with van der Waals surface area (Å²) in [7, 11) is -3.36. The zero-order valence-electron chi connectivity index (χ0n) is 6.94. The maximum absolute atomic E-state index is 11.2. The fourth-order valence-electron chi connectivity index (χ4n) is 1.31. The van der Waals surface area contributed by atoms with Crippen molar-refractivity contribution in [1.29, 1.82) is 0 Å². The molecule has 0 atom stereocenters. The first-order valence-electron chi connectivity index (χ1n) is 3.66. The van der Waals surface area contributed by atoms with E-state index in [-0.39, 0.29) is 11.6 Å². The van der Waals surface area contributed by atoms with Crippen molar-refractivity contribution in [2.75, 3.05) is 0 Å². The Morgan fingerprint density at radius 3 is 3.00 bits per heavy atom. The van der Waals surface area contributed by atoms with Gasteiger partial charge in [0.25, 0.3) is 10.0 Å². The highest BCUT2D eigenvalue weighted by atomic mass is 32.2. The van der Waals surface area contributed by atoms with Crippen molar-refractivity contribution in [3.8, 4) is 0 Å². The van der Waals surface area contributed by atoms with Crippen LogP contribution in [0.4, 0.5) is 0 Å². The second kappa shape index (κ2) is 2.55. The molecule has 1 aromatic rings. The van der Waals surface area contributed by atoms with Crippen molar-refractivity contribution in [2.24, 2.45) is 10.1 Å². The Morgan fingerprint density at radius 1 is 1.62 bits per heavy atom. The van der Waals surface area contributed by atoms with Crippen LogP contribution in [-0.4, -0.2) is 14.3 Å². The quantitative estimate of drug-likeness (QED) is 0.690. The molecule has 0 radical (unpaired) electrons. The average molecular weight is 216 g/mol. The average Bonchev–Trinajstić information content (AvgIpc) is 2.27. The standard InChI is InChI=1S/C7H8N2O2S2/c1-4-2-5-3-13(10,11)9-7(8)6(5)12-4/h2H,3H2,1H3,(H2,8,9). The molecular formula is C7H8N2O2S2. The van der Waals surface area contributed by atoms with E-state index in [2.05, 4.69) is 4.40 Å². The molecule has 0 aromatic carbocycles. The van der Waals surface area contributed by atoms with Gasteiger partial charge in [-0.25, -0.2) is 8.42 Å². The summed E-state index contributed by atoms with van der Waals surface area (Å²) >= 11 is 1.48. The van der Waals surface area contributed by atoms with Gasteiger partial charge < -0.3 is 5.73 Å². The van der Waals surface area contributed by atoms with Gasteiger partial charge in [0, 0.05) is 4.88 Å². The third-order valence-corrected chi connectivity index (χ3v) is 4.01. The van der Waals surface area contributed by atoms with E-state index in [4.69, 9.17) is 5.73 Å². The molecule has 13 heavy (non-hydrogen) atoms. The highest BCUT2D eigenvalue weighted by Crippen LogP contribution is 2.27. The molecule has 0 saturated heterocycles. The summed E-state index contributed by atoms with van der Waals surface area (Å²) in [5.41, 5.74) is 6.29. The van der Waals surface area contributed by atoms with E-state index in [1.54, 1.807) is 0 Å². The smallest absolute Gasteiger partial charge is 0.259 e. The van der Waals surface area contributed by atoms with Crippen molar-refractivity contribution in [3.05, 3.63) is 21.4 Å². The number of nitrogens with zero attached hydrogens (tertiary/aromatic N) is 1. The summed E-state index contributed by atoms with van der Waals surface area (Å²) in [6.07, 6.45) is 0. The Labute approximate surface area is 80.2 Å². The fraction of sp³-hybridized carbons (Fsp3) is 0.286. The van der Waals surface area contributed by atoms with Gasteiger partial charge >= 0.3 is 0 Å². The van der Waals surface area contributed by atoms with Gasteiger partial charge in [0.05, 0.1) is 10.6 Å². The lowest BCUT2D eigenvalue weighted by Gasteiger charge is -2.07. The predicted octanol–water partition coefficient (Wildman–Crippen LogP) is 0.605. The lowest BCUT2D eigenvalue weighted by atomic mass is 10.2. The number of sulfonamides is 1. The van der Waals surface area contributed by atoms with E-state index in [1.165, 1.54) is 11.3 Å². The van der Waals surface area contributed by atoms with E-state index in [0.717, 1.165) is 15.3 Å². The molecule has 0 spiro atoms. The van der Waals surface area contributed by atoms with E-state index in [9.17, 15) is 8.42 Å². The minimum atomic E-state index is -3.36. The molecule has 2 rings (SSSR count). The zero-order valence-corrected chi connectivity index (χ0v) is 8.58. The molecule has 70 valence electrons. The van der Waals surface area contributed by atoms with Crippen LogP contribution in [0.15, 0.2) is 10.5 Å². The van der Waals surface area contributed by atoms with Gasteiger partial charge in [-0.05, 0) is 18.6 Å². The van der Waals surface area contributed by atoms with E-state index in [1.807, 2.05) is 13.0 Å². The van der Waals surface area contributed by atoms with Crippen LogP contribution in [0.5, 0.6) is 0 Å². The van der Waals surface area contributed by atoms with Crippen LogP contribution < -0.4 is 5.73 Å². The van der Waals surface area contributed by atoms with Crippen molar-refractivity contribution < 1.29 is 8.42 Å². The fourth-order valence-corrected chi connectivity index (χ4v) is 3.47. The molecule has 0 aliphatic carbocycles. The van der Waals surface area contributed by atoms with Crippen LogP contribution in [0.1, 0.15) is 15.3 Å². The SMILES string of the molecule is Cc1cc2c(s1)C(N)=NS(=O)(=O)C2. The van der Waals surface area contributed by atoms with Crippen LogP contribution in [0.25, 0.3) is 0 Å². The lowest BCUT2D eigenvalue weighted by molar-refractivity contribution is 0.596. The van der Waals surface area contributed by atoms with Crippen molar-refractivity contribution >= 4 is 27.2 Å². The van der Waals surface area contributed by atoms with E-state index >= 15 is 0 Å². The molecule has 0 saturated carbocycles. The molecule has 4 nitrogen and oxygen atoms in total. The molecule has 2 N–H and O–H groups in total. The van der Waals surface area contributed by atoms with E-state index < -0.39 is 10.0 Å². The van der Waals surface area contributed by atoms with E-state index in [0.29, 0.717) is 0 Å². The van der Waals surface area contributed by atoms with Crippen LogP contribution in [0.3, 0.4) is 0 Å². The summed E-state index contributed by atoms with van der Waals surface area (Å²) in [5, 5.41) is 0. The van der Waals surface area contributed by atoms with Gasteiger partial charge in [-0.3, -0.25) is 0 Å². The topological polar surface area (TPSA) is 72.5 Å².